The van der Waals surface area contributed by atoms with Gasteiger partial charge in [0.05, 0.1) is 21.3 Å². The molecule has 0 bridgehead atoms. The molecule has 2 aromatic carbocycles. The summed E-state index contributed by atoms with van der Waals surface area (Å²) >= 11 is 0. The molecule has 1 aliphatic rings. The van der Waals surface area contributed by atoms with Gasteiger partial charge in [0.25, 0.3) is 0 Å². The van der Waals surface area contributed by atoms with Crippen molar-refractivity contribution in [3.63, 3.8) is 0 Å². The van der Waals surface area contributed by atoms with Crippen LogP contribution < -0.4 is 9.47 Å². The highest BCUT2D eigenvalue weighted by Crippen LogP contribution is 2.37. The third-order valence-electron chi connectivity index (χ3n) is 4.34. The van der Waals surface area contributed by atoms with Crippen molar-refractivity contribution in [2.45, 2.75) is 12.8 Å². The van der Waals surface area contributed by atoms with E-state index >= 15 is 0 Å². The lowest BCUT2D eigenvalue weighted by molar-refractivity contribution is -0.136. The highest BCUT2D eigenvalue weighted by atomic mass is 16.5. The lowest BCUT2D eigenvalue weighted by Gasteiger charge is -2.09. The molecule has 0 radical (unpaired) electrons. The number of esters is 1. The van der Waals surface area contributed by atoms with Crippen molar-refractivity contribution in [3.8, 4) is 11.5 Å². The molecule has 124 valence electrons. The van der Waals surface area contributed by atoms with Crippen LogP contribution >= 0.6 is 0 Å². The van der Waals surface area contributed by atoms with Crippen molar-refractivity contribution in [1.29, 1.82) is 0 Å². The van der Waals surface area contributed by atoms with Crippen molar-refractivity contribution >= 4 is 11.5 Å². The van der Waals surface area contributed by atoms with E-state index in [1.165, 1.54) is 7.11 Å². The zero-order valence-electron chi connectivity index (χ0n) is 14.1. The van der Waals surface area contributed by atoms with Crippen molar-refractivity contribution in [3.05, 3.63) is 64.7 Å². The summed E-state index contributed by atoms with van der Waals surface area (Å²) in [5.74, 6) is 1.34. The Labute approximate surface area is 141 Å². The van der Waals surface area contributed by atoms with Gasteiger partial charge in [-0.1, -0.05) is 18.2 Å². The maximum atomic E-state index is 12.2. The molecule has 0 heterocycles. The molecule has 0 amide bonds. The molecule has 0 aromatic heterocycles. The summed E-state index contributed by atoms with van der Waals surface area (Å²) in [5, 5.41) is 0. The number of hydrogen-bond donors (Lipinski definition) is 0. The van der Waals surface area contributed by atoms with E-state index in [-0.39, 0.29) is 5.97 Å². The standard InChI is InChI=1S/C20H20O4/c1-22-15-6-4-13(5-7-15)10-18-17-9-8-16(23-2)11-14(17)12-19(18)20(21)24-3/h4-9,11H,10,12H2,1-3H3. The average molecular weight is 324 g/mol. The maximum absolute atomic E-state index is 12.2. The fourth-order valence-electron chi connectivity index (χ4n) is 3.07. The van der Waals surface area contributed by atoms with Crippen molar-refractivity contribution in [1.82, 2.24) is 0 Å². The van der Waals surface area contributed by atoms with Crippen LogP contribution in [0.5, 0.6) is 11.5 Å². The van der Waals surface area contributed by atoms with Crippen LogP contribution in [-0.4, -0.2) is 27.3 Å². The van der Waals surface area contributed by atoms with E-state index in [0.29, 0.717) is 12.8 Å². The lowest BCUT2D eigenvalue weighted by Crippen LogP contribution is -2.06. The SMILES string of the molecule is COC(=O)C1=C(Cc2ccc(OC)cc2)c2ccc(OC)cc2C1. The van der Waals surface area contributed by atoms with E-state index < -0.39 is 0 Å². The fraction of sp³-hybridized carbons (Fsp3) is 0.250. The highest BCUT2D eigenvalue weighted by Gasteiger charge is 2.27. The number of carbonyl (C=O) groups is 1. The van der Waals surface area contributed by atoms with E-state index in [2.05, 4.69) is 0 Å². The molecule has 0 fully saturated rings. The summed E-state index contributed by atoms with van der Waals surface area (Å²) in [4.78, 5) is 12.2. The molecule has 4 heteroatoms. The van der Waals surface area contributed by atoms with Gasteiger partial charge in [0.15, 0.2) is 0 Å². The number of benzene rings is 2. The molecule has 3 rings (SSSR count). The van der Waals surface area contributed by atoms with Gasteiger partial charge >= 0.3 is 5.97 Å². The van der Waals surface area contributed by atoms with Gasteiger partial charge in [-0.15, -0.1) is 0 Å². The molecule has 1 aliphatic carbocycles. The van der Waals surface area contributed by atoms with Crippen LogP contribution in [0.4, 0.5) is 0 Å². The van der Waals surface area contributed by atoms with Crippen molar-refractivity contribution < 1.29 is 19.0 Å². The molecular weight excluding hydrogens is 304 g/mol. The minimum atomic E-state index is -0.270. The molecule has 24 heavy (non-hydrogen) atoms. The van der Waals surface area contributed by atoms with Crippen LogP contribution in [0.3, 0.4) is 0 Å². The second-order valence-corrected chi connectivity index (χ2v) is 5.67. The Hall–Kier alpha value is -2.75. The van der Waals surface area contributed by atoms with Gasteiger partial charge in [-0.25, -0.2) is 4.79 Å². The van der Waals surface area contributed by atoms with E-state index in [4.69, 9.17) is 14.2 Å². The Balaban J connectivity index is 1.98. The quantitative estimate of drug-likeness (QED) is 0.791. The zero-order valence-corrected chi connectivity index (χ0v) is 14.1. The van der Waals surface area contributed by atoms with E-state index in [9.17, 15) is 4.79 Å². The number of rotatable bonds is 5. The minimum Gasteiger partial charge on any atom is -0.497 e. The summed E-state index contributed by atoms with van der Waals surface area (Å²) in [5.41, 5.74) is 5.04. The minimum absolute atomic E-state index is 0.270. The molecule has 2 aromatic rings. The van der Waals surface area contributed by atoms with Gasteiger partial charge < -0.3 is 14.2 Å². The third-order valence-corrected chi connectivity index (χ3v) is 4.34. The summed E-state index contributed by atoms with van der Waals surface area (Å²) in [6.45, 7) is 0. The largest absolute Gasteiger partial charge is 0.497 e. The van der Waals surface area contributed by atoms with Gasteiger partial charge in [-0.05, 0) is 52.9 Å². The number of carbonyl (C=O) groups excluding carboxylic acids is 1. The Morgan fingerprint density at radius 2 is 1.62 bits per heavy atom. The summed E-state index contributed by atoms with van der Waals surface area (Å²) in [6, 6.07) is 13.8. The third kappa shape index (κ3) is 3.00. The molecule has 0 saturated carbocycles. The van der Waals surface area contributed by atoms with E-state index in [1.54, 1.807) is 14.2 Å². The number of hydrogen-bond acceptors (Lipinski definition) is 4. The zero-order chi connectivity index (χ0) is 17.1. The first-order valence-corrected chi connectivity index (χ1v) is 7.76. The molecule has 0 spiro atoms. The van der Waals surface area contributed by atoms with Crippen LogP contribution in [0.15, 0.2) is 48.0 Å². The molecule has 4 nitrogen and oxygen atoms in total. The van der Waals surface area contributed by atoms with Crippen LogP contribution in [0.2, 0.25) is 0 Å². The second kappa shape index (κ2) is 6.79. The second-order valence-electron chi connectivity index (χ2n) is 5.67. The summed E-state index contributed by atoms with van der Waals surface area (Å²) in [6.07, 6.45) is 1.25. The number of methoxy groups -OCH3 is 3. The van der Waals surface area contributed by atoms with Crippen LogP contribution in [-0.2, 0) is 22.4 Å². The molecule has 0 N–H and O–H groups in total. The number of fused-ring (bicyclic) bond motifs is 1. The first kappa shape index (κ1) is 16.1. The average Bonchev–Trinajstić information content (AvgIpc) is 2.99. The molecule has 0 aliphatic heterocycles. The molecule has 0 saturated heterocycles. The Morgan fingerprint density at radius 3 is 2.25 bits per heavy atom. The molecular formula is C20H20O4. The Kier molecular flexibility index (Phi) is 4.56. The topological polar surface area (TPSA) is 44.8 Å². The van der Waals surface area contributed by atoms with E-state index in [0.717, 1.165) is 39.3 Å². The first-order valence-electron chi connectivity index (χ1n) is 7.76. The van der Waals surface area contributed by atoms with Crippen LogP contribution in [0.25, 0.3) is 5.57 Å². The molecule has 0 atom stereocenters. The van der Waals surface area contributed by atoms with E-state index in [1.807, 2.05) is 42.5 Å². The van der Waals surface area contributed by atoms with Gasteiger partial charge in [0, 0.05) is 12.0 Å². The smallest absolute Gasteiger partial charge is 0.334 e. The van der Waals surface area contributed by atoms with Gasteiger partial charge in [0.1, 0.15) is 11.5 Å². The summed E-state index contributed by atoms with van der Waals surface area (Å²) in [7, 11) is 4.71. The highest BCUT2D eigenvalue weighted by molar-refractivity contribution is 6.01. The Bertz CT molecular complexity index is 788. The summed E-state index contributed by atoms with van der Waals surface area (Å²) < 4.78 is 15.5. The maximum Gasteiger partial charge on any atom is 0.334 e. The monoisotopic (exact) mass is 324 g/mol. The fourth-order valence-corrected chi connectivity index (χ4v) is 3.07. The van der Waals surface area contributed by atoms with Crippen LogP contribution in [0, 0.1) is 0 Å². The normalized spacial score (nSPS) is 12.8. The first-order chi connectivity index (χ1) is 11.7. The predicted octanol–water partition coefficient (Wildman–Crippen LogP) is 3.43. The molecule has 0 unspecified atom stereocenters. The van der Waals surface area contributed by atoms with Gasteiger partial charge in [0.2, 0.25) is 0 Å². The number of allylic oxidation sites excluding steroid dienone is 1. The predicted molar refractivity (Wildman–Crippen MR) is 92.3 cm³/mol. The van der Waals surface area contributed by atoms with Crippen molar-refractivity contribution in [2.24, 2.45) is 0 Å². The number of ether oxygens (including phenoxy) is 3. The van der Waals surface area contributed by atoms with Crippen molar-refractivity contribution in [2.75, 3.05) is 21.3 Å². The van der Waals surface area contributed by atoms with Gasteiger partial charge in [-0.3, -0.25) is 0 Å². The van der Waals surface area contributed by atoms with Gasteiger partial charge in [-0.2, -0.15) is 0 Å². The Morgan fingerprint density at radius 1 is 0.958 bits per heavy atom. The van der Waals surface area contributed by atoms with Crippen LogP contribution in [0.1, 0.15) is 16.7 Å². The lowest BCUT2D eigenvalue weighted by atomic mass is 9.97.